The van der Waals surface area contributed by atoms with Gasteiger partial charge in [-0.15, -0.1) is 23.1 Å². The van der Waals surface area contributed by atoms with E-state index < -0.39 is 0 Å². The van der Waals surface area contributed by atoms with E-state index in [1.807, 2.05) is 13.0 Å². The SMILES string of the molecule is C[C@H](NC(=O)CSCc1cccs1)[C@H]1CCCO1. The number of hydrogen-bond donors (Lipinski definition) is 1. The predicted octanol–water partition coefficient (Wildman–Crippen LogP) is 2.67. The fourth-order valence-corrected chi connectivity index (χ4v) is 3.70. The quantitative estimate of drug-likeness (QED) is 0.873. The summed E-state index contributed by atoms with van der Waals surface area (Å²) in [5, 5.41) is 5.09. The van der Waals surface area contributed by atoms with Crippen molar-refractivity contribution < 1.29 is 9.53 Å². The maximum absolute atomic E-state index is 11.8. The number of ether oxygens (including phenoxy) is 1. The van der Waals surface area contributed by atoms with E-state index in [0.717, 1.165) is 25.2 Å². The molecule has 100 valence electrons. The molecule has 1 N–H and O–H groups in total. The van der Waals surface area contributed by atoms with Crippen molar-refractivity contribution in [3.63, 3.8) is 0 Å². The van der Waals surface area contributed by atoms with Crippen molar-refractivity contribution in [3.05, 3.63) is 22.4 Å². The van der Waals surface area contributed by atoms with Gasteiger partial charge in [0.1, 0.15) is 0 Å². The Morgan fingerprint density at radius 1 is 1.72 bits per heavy atom. The third kappa shape index (κ3) is 4.30. The normalized spacial score (nSPS) is 20.8. The van der Waals surface area contributed by atoms with Crippen LogP contribution in [0, 0.1) is 0 Å². The second-order valence-corrected chi connectivity index (χ2v) is 6.50. The third-order valence-corrected chi connectivity index (χ3v) is 5.01. The number of nitrogens with one attached hydrogen (secondary N) is 1. The molecule has 2 heterocycles. The number of hydrogen-bond acceptors (Lipinski definition) is 4. The van der Waals surface area contributed by atoms with Gasteiger partial charge in [-0.3, -0.25) is 4.79 Å². The highest BCUT2D eigenvalue weighted by molar-refractivity contribution is 7.99. The van der Waals surface area contributed by atoms with Gasteiger partial charge in [0.2, 0.25) is 5.91 Å². The monoisotopic (exact) mass is 285 g/mol. The largest absolute Gasteiger partial charge is 0.376 e. The fourth-order valence-electron chi connectivity index (χ4n) is 2.02. The summed E-state index contributed by atoms with van der Waals surface area (Å²) < 4.78 is 5.56. The molecule has 2 atom stereocenters. The van der Waals surface area contributed by atoms with E-state index in [9.17, 15) is 4.79 Å². The summed E-state index contributed by atoms with van der Waals surface area (Å²) >= 11 is 3.40. The minimum absolute atomic E-state index is 0.111. The van der Waals surface area contributed by atoms with Crippen LogP contribution < -0.4 is 5.32 Å². The molecule has 1 saturated heterocycles. The molecule has 0 bridgehead atoms. The van der Waals surface area contributed by atoms with Gasteiger partial charge in [0.25, 0.3) is 0 Å². The van der Waals surface area contributed by atoms with Crippen molar-refractivity contribution in [1.82, 2.24) is 5.32 Å². The zero-order chi connectivity index (χ0) is 12.8. The van der Waals surface area contributed by atoms with Gasteiger partial charge in [-0.1, -0.05) is 6.07 Å². The van der Waals surface area contributed by atoms with Gasteiger partial charge in [0.05, 0.1) is 17.9 Å². The molecule has 2 rings (SSSR count). The van der Waals surface area contributed by atoms with Gasteiger partial charge in [0.15, 0.2) is 0 Å². The molecule has 0 aromatic carbocycles. The Morgan fingerprint density at radius 3 is 3.28 bits per heavy atom. The Bertz CT molecular complexity index is 361. The predicted molar refractivity (Wildman–Crippen MR) is 77.1 cm³/mol. The average molecular weight is 285 g/mol. The first-order valence-corrected chi connectivity index (χ1v) is 8.30. The van der Waals surface area contributed by atoms with Gasteiger partial charge in [-0.05, 0) is 31.2 Å². The van der Waals surface area contributed by atoms with Crippen LogP contribution in [0.4, 0.5) is 0 Å². The van der Waals surface area contributed by atoms with E-state index in [1.165, 1.54) is 4.88 Å². The number of amides is 1. The lowest BCUT2D eigenvalue weighted by molar-refractivity contribution is -0.120. The highest BCUT2D eigenvalue weighted by Gasteiger charge is 2.23. The standard InChI is InChI=1S/C13H19NO2S2/c1-10(12-5-2-6-16-12)14-13(15)9-17-8-11-4-3-7-18-11/h3-4,7,10,12H,2,5-6,8-9H2,1H3,(H,14,15)/t10-,12+/m0/s1. The lowest BCUT2D eigenvalue weighted by Crippen LogP contribution is -2.41. The summed E-state index contributed by atoms with van der Waals surface area (Å²) in [6, 6.07) is 4.27. The van der Waals surface area contributed by atoms with Crippen LogP contribution in [0.3, 0.4) is 0 Å². The van der Waals surface area contributed by atoms with Crippen LogP contribution in [0.2, 0.25) is 0 Å². The zero-order valence-corrected chi connectivity index (χ0v) is 12.2. The Morgan fingerprint density at radius 2 is 2.61 bits per heavy atom. The second-order valence-electron chi connectivity index (χ2n) is 4.48. The molecule has 0 unspecified atom stereocenters. The van der Waals surface area contributed by atoms with Crippen molar-refractivity contribution in [1.29, 1.82) is 0 Å². The van der Waals surface area contributed by atoms with Crippen molar-refractivity contribution in [2.45, 2.75) is 37.7 Å². The average Bonchev–Trinajstić information content (AvgIpc) is 3.02. The van der Waals surface area contributed by atoms with E-state index in [2.05, 4.69) is 16.8 Å². The summed E-state index contributed by atoms with van der Waals surface area (Å²) in [6.45, 7) is 2.86. The minimum Gasteiger partial charge on any atom is -0.376 e. The molecule has 0 spiro atoms. The molecule has 1 aromatic rings. The molecule has 1 aliphatic rings. The van der Waals surface area contributed by atoms with Gasteiger partial charge < -0.3 is 10.1 Å². The molecule has 0 aliphatic carbocycles. The number of thioether (sulfide) groups is 1. The van der Waals surface area contributed by atoms with Crippen LogP contribution in [0.25, 0.3) is 0 Å². The summed E-state index contributed by atoms with van der Waals surface area (Å²) in [4.78, 5) is 13.1. The molecule has 0 radical (unpaired) electrons. The lowest BCUT2D eigenvalue weighted by atomic mass is 10.1. The summed E-state index contributed by atoms with van der Waals surface area (Å²) in [6.07, 6.45) is 2.37. The van der Waals surface area contributed by atoms with Gasteiger partial charge in [0, 0.05) is 17.2 Å². The number of rotatable bonds is 6. The Kier molecular flexibility index (Phi) is 5.53. The third-order valence-electron chi connectivity index (χ3n) is 2.97. The number of thiophene rings is 1. The molecule has 1 aliphatic heterocycles. The van der Waals surface area contributed by atoms with Crippen LogP contribution >= 0.6 is 23.1 Å². The van der Waals surface area contributed by atoms with E-state index >= 15 is 0 Å². The minimum atomic E-state index is 0.111. The molecule has 3 nitrogen and oxygen atoms in total. The molecular weight excluding hydrogens is 266 g/mol. The van der Waals surface area contributed by atoms with Crippen LogP contribution in [0.15, 0.2) is 17.5 Å². The van der Waals surface area contributed by atoms with Gasteiger partial charge in [-0.2, -0.15) is 0 Å². The molecule has 1 amide bonds. The molecular formula is C13H19NO2S2. The molecule has 0 saturated carbocycles. The smallest absolute Gasteiger partial charge is 0.230 e. The topological polar surface area (TPSA) is 38.3 Å². The number of carbonyl (C=O) groups excluding carboxylic acids is 1. The summed E-state index contributed by atoms with van der Waals surface area (Å²) in [5.41, 5.74) is 0. The van der Waals surface area contributed by atoms with E-state index in [4.69, 9.17) is 4.74 Å². The first-order valence-electron chi connectivity index (χ1n) is 6.27. The lowest BCUT2D eigenvalue weighted by Gasteiger charge is -2.19. The first-order chi connectivity index (χ1) is 8.75. The highest BCUT2D eigenvalue weighted by Crippen LogP contribution is 2.18. The van der Waals surface area contributed by atoms with Crippen LogP contribution in [-0.2, 0) is 15.3 Å². The first kappa shape index (κ1) is 13.9. The van der Waals surface area contributed by atoms with Crippen LogP contribution in [-0.4, -0.2) is 30.4 Å². The van der Waals surface area contributed by atoms with Crippen molar-refractivity contribution >= 4 is 29.0 Å². The van der Waals surface area contributed by atoms with Crippen LogP contribution in [0.1, 0.15) is 24.6 Å². The molecule has 18 heavy (non-hydrogen) atoms. The Balaban J connectivity index is 1.62. The molecule has 1 aromatic heterocycles. The molecule has 1 fully saturated rings. The number of carbonyl (C=O) groups is 1. The van der Waals surface area contributed by atoms with E-state index in [-0.39, 0.29) is 18.1 Å². The fraction of sp³-hybridized carbons (Fsp3) is 0.615. The summed E-state index contributed by atoms with van der Waals surface area (Å²) in [5.74, 6) is 1.55. The van der Waals surface area contributed by atoms with E-state index in [0.29, 0.717) is 5.75 Å². The Hall–Kier alpha value is -0.520. The van der Waals surface area contributed by atoms with Gasteiger partial charge >= 0.3 is 0 Å². The van der Waals surface area contributed by atoms with Crippen molar-refractivity contribution in [3.8, 4) is 0 Å². The maximum Gasteiger partial charge on any atom is 0.230 e. The highest BCUT2D eigenvalue weighted by atomic mass is 32.2. The summed E-state index contributed by atoms with van der Waals surface area (Å²) in [7, 11) is 0. The molecule has 5 heteroatoms. The van der Waals surface area contributed by atoms with Crippen molar-refractivity contribution in [2.75, 3.05) is 12.4 Å². The zero-order valence-electron chi connectivity index (χ0n) is 10.6. The van der Waals surface area contributed by atoms with Crippen LogP contribution in [0.5, 0.6) is 0 Å². The van der Waals surface area contributed by atoms with E-state index in [1.54, 1.807) is 23.1 Å². The second kappa shape index (κ2) is 7.16. The Labute approximate surface area is 116 Å². The van der Waals surface area contributed by atoms with Gasteiger partial charge in [-0.25, -0.2) is 0 Å². The van der Waals surface area contributed by atoms with Crippen molar-refractivity contribution in [2.24, 2.45) is 0 Å². The maximum atomic E-state index is 11.8.